The Morgan fingerprint density at radius 2 is 1.88 bits per heavy atom. The summed E-state index contributed by atoms with van der Waals surface area (Å²) >= 11 is 3.67. The van der Waals surface area contributed by atoms with Crippen molar-refractivity contribution in [1.29, 1.82) is 0 Å². The number of fused-ring (bicyclic) bond motifs is 2. The number of halogens is 1. The molecule has 4 aliphatic rings. The van der Waals surface area contributed by atoms with E-state index in [2.05, 4.69) is 72.9 Å². The van der Waals surface area contributed by atoms with Crippen molar-refractivity contribution in [2.75, 3.05) is 19.6 Å². The number of carbonyl (C=O) groups is 1. The zero-order chi connectivity index (χ0) is 21.7. The lowest BCUT2D eigenvalue weighted by molar-refractivity contribution is -0.145. The van der Waals surface area contributed by atoms with Gasteiger partial charge in [-0.1, -0.05) is 34.1 Å². The monoisotopic (exact) mass is 493 g/mol. The molecule has 168 valence electrons. The van der Waals surface area contributed by atoms with E-state index in [0.717, 1.165) is 47.7 Å². The molecule has 32 heavy (non-hydrogen) atoms. The maximum absolute atomic E-state index is 13.7. The van der Waals surface area contributed by atoms with E-state index in [1.165, 1.54) is 44.3 Å². The minimum atomic E-state index is 0.302. The van der Waals surface area contributed by atoms with Gasteiger partial charge in [0.15, 0.2) is 0 Å². The van der Waals surface area contributed by atoms with Crippen LogP contribution in [0.15, 0.2) is 52.6 Å². The molecule has 4 fully saturated rings. The molecule has 0 radical (unpaired) electrons. The SMILES string of the molecule is O=C1/C(=C/c2cccn2Cc2ccccc2Br)CC[C@@H]2[C@H]3CCCN4CCC[C@H](CN12)[C@@H]34. The van der Waals surface area contributed by atoms with E-state index in [9.17, 15) is 4.79 Å². The summed E-state index contributed by atoms with van der Waals surface area (Å²) in [4.78, 5) is 18.7. The molecule has 4 saturated heterocycles. The van der Waals surface area contributed by atoms with Gasteiger partial charge in [-0.05, 0) is 93.3 Å². The van der Waals surface area contributed by atoms with Gasteiger partial charge in [-0.2, -0.15) is 0 Å². The van der Waals surface area contributed by atoms with E-state index in [4.69, 9.17) is 0 Å². The molecular weight excluding hydrogens is 462 g/mol. The third-order valence-electron chi connectivity index (χ3n) is 8.40. The van der Waals surface area contributed by atoms with Gasteiger partial charge < -0.3 is 9.47 Å². The van der Waals surface area contributed by atoms with Crippen molar-refractivity contribution in [3.8, 4) is 0 Å². The van der Waals surface area contributed by atoms with Crippen molar-refractivity contribution in [2.45, 2.75) is 57.2 Å². The van der Waals surface area contributed by atoms with Crippen LogP contribution in [0.1, 0.15) is 49.8 Å². The smallest absolute Gasteiger partial charge is 0.250 e. The Morgan fingerprint density at radius 3 is 2.75 bits per heavy atom. The van der Waals surface area contributed by atoms with Crippen LogP contribution in [0.5, 0.6) is 0 Å². The molecular formula is C27H32BrN3O. The summed E-state index contributed by atoms with van der Waals surface area (Å²) in [5, 5.41) is 0. The van der Waals surface area contributed by atoms with Gasteiger partial charge >= 0.3 is 0 Å². The Bertz CT molecular complexity index is 1040. The first-order chi connectivity index (χ1) is 15.7. The van der Waals surface area contributed by atoms with E-state index < -0.39 is 0 Å². The number of rotatable bonds is 3. The summed E-state index contributed by atoms with van der Waals surface area (Å²) in [5.74, 6) is 1.66. The molecule has 1 aromatic heterocycles. The third kappa shape index (κ3) is 3.58. The van der Waals surface area contributed by atoms with Crippen LogP contribution in [-0.2, 0) is 11.3 Å². The number of carbonyl (C=O) groups excluding carboxylic acids is 1. The first-order valence-corrected chi connectivity index (χ1v) is 13.1. The lowest BCUT2D eigenvalue weighted by Gasteiger charge is -2.58. The van der Waals surface area contributed by atoms with Crippen molar-refractivity contribution in [2.24, 2.45) is 11.8 Å². The third-order valence-corrected chi connectivity index (χ3v) is 9.18. The molecule has 6 rings (SSSR count). The maximum Gasteiger partial charge on any atom is 0.250 e. The Labute approximate surface area is 199 Å². The highest BCUT2D eigenvalue weighted by molar-refractivity contribution is 9.10. The van der Waals surface area contributed by atoms with Gasteiger partial charge in [-0.25, -0.2) is 0 Å². The van der Waals surface area contributed by atoms with Crippen molar-refractivity contribution < 1.29 is 4.79 Å². The lowest BCUT2D eigenvalue weighted by atomic mass is 9.67. The summed E-state index contributed by atoms with van der Waals surface area (Å²) < 4.78 is 3.37. The maximum atomic E-state index is 13.7. The average Bonchev–Trinajstić information content (AvgIpc) is 3.24. The normalized spacial score (nSPS) is 31.5. The Kier molecular flexibility index (Phi) is 5.50. The number of nitrogens with zero attached hydrogens (tertiary/aromatic N) is 3. The van der Waals surface area contributed by atoms with Gasteiger partial charge in [0.25, 0.3) is 0 Å². The van der Waals surface area contributed by atoms with Crippen LogP contribution < -0.4 is 0 Å². The molecule has 4 atom stereocenters. The van der Waals surface area contributed by atoms with Gasteiger partial charge in [0.05, 0.1) is 0 Å². The first-order valence-electron chi connectivity index (χ1n) is 12.3. The predicted molar refractivity (Wildman–Crippen MR) is 131 cm³/mol. The number of hydrogen-bond acceptors (Lipinski definition) is 2. The zero-order valence-electron chi connectivity index (χ0n) is 18.6. The highest BCUT2D eigenvalue weighted by Crippen LogP contribution is 2.45. The van der Waals surface area contributed by atoms with Gasteiger partial charge in [0.1, 0.15) is 0 Å². The van der Waals surface area contributed by atoms with Gasteiger partial charge in [-0.3, -0.25) is 9.69 Å². The van der Waals surface area contributed by atoms with Crippen LogP contribution in [0.25, 0.3) is 6.08 Å². The van der Waals surface area contributed by atoms with Crippen molar-refractivity contribution in [1.82, 2.24) is 14.4 Å². The Balaban J connectivity index is 1.25. The Morgan fingerprint density at radius 1 is 1.03 bits per heavy atom. The quantitative estimate of drug-likeness (QED) is 0.551. The fourth-order valence-electron chi connectivity index (χ4n) is 7.02. The number of hydrogen-bond donors (Lipinski definition) is 0. The largest absolute Gasteiger partial charge is 0.344 e. The van der Waals surface area contributed by atoms with E-state index >= 15 is 0 Å². The summed E-state index contributed by atoms with van der Waals surface area (Å²) in [6.45, 7) is 4.32. The Hall–Kier alpha value is -1.85. The van der Waals surface area contributed by atoms with E-state index in [1.54, 1.807) is 0 Å². The second-order valence-corrected chi connectivity index (χ2v) is 11.0. The van der Waals surface area contributed by atoms with Crippen LogP contribution in [-0.4, -0.2) is 52.0 Å². The zero-order valence-corrected chi connectivity index (χ0v) is 20.2. The topological polar surface area (TPSA) is 28.5 Å². The van der Waals surface area contributed by atoms with Gasteiger partial charge in [0.2, 0.25) is 5.91 Å². The van der Waals surface area contributed by atoms with Crippen molar-refractivity contribution in [3.63, 3.8) is 0 Å². The summed E-state index contributed by atoms with van der Waals surface area (Å²) in [7, 11) is 0. The molecule has 2 aromatic rings. The van der Waals surface area contributed by atoms with Crippen LogP contribution in [0, 0.1) is 11.8 Å². The van der Waals surface area contributed by atoms with Crippen LogP contribution in [0.4, 0.5) is 0 Å². The molecule has 5 heteroatoms. The van der Waals surface area contributed by atoms with Gasteiger partial charge in [0, 0.05) is 47.1 Å². The molecule has 4 aliphatic heterocycles. The average molecular weight is 494 g/mol. The fourth-order valence-corrected chi connectivity index (χ4v) is 7.43. The summed E-state index contributed by atoms with van der Waals surface area (Å²) in [6.07, 6.45) is 11.5. The molecule has 5 heterocycles. The molecule has 1 aromatic carbocycles. The molecule has 4 nitrogen and oxygen atoms in total. The second-order valence-electron chi connectivity index (χ2n) is 10.1. The van der Waals surface area contributed by atoms with Crippen LogP contribution >= 0.6 is 15.9 Å². The van der Waals surface area contributed by atoms with Crippen molar-refractivity contribution in [3.05, 3.63) is 63.9 Å². The van der Waals surface area contributed by atoms with E-state index in [-0.39, 0.29) is 0 Å². The molecule has 0 unspecified atom stereocenters. The minimum Gasteiger partial charge on any atom is -0.344 e. The number of piperidine rings is 4. The number of amides is 1. The molecule has 0 spiro atoms. The summed E-state index contributed by atoms with van der Waals surface area (Å²) in [5.41, 5.74) is 3.37. The standard InChI is InChI=1S/C27H32BrN3O/c28-24-10-2-1-6-20(24)17-30-15-4-8-22(30)16-19-11-12-25-23-9-5-14-29-13-3-7-21(26(23)29)18-31(25)27(19)32/h1-2,4,6,8,10,15-16,21,23,25-26H,3,5,7,9,11-14,17-18H2/b19-16+/t21-,23-,25-,26+/m1/s1. The molecule has 1 amide bonds. The van der Waals surface area contributed by atoms with Gasteiger partial charge in [-0.15, -0.1) is 0 Å². The minimum absolute atomic E-state index is 0.302. The first kappa shape index (κ1) is 20.7. The number of aromatic nitrogens is 1. The number of benzene rings is 1. The van der Waals surface area contributed by atoms with E-state index in [0.29, 0.717) is 23.8 Å². The van der Waals surface area contributed by atoms with Crippen LogP contribution in [0.2, 0.25) is 0 Å². The van der Waals surface area contributed by atoms with E-state index in [1.807, 2.05) is 6.07 Å². The highest BCUT2D eigenvalue weighted by atomic mass is 79.9. The highest BCUT2D eigenvalue weighted by Gasteiger charge is 2.51. The fraction of sp³-hybridized carbons (Fsp3) is 0.519. The molecule has 0 bridgehead atoms. The predicted octanol–water partition coefficient (Wildman–Crippen LogP) is 5.18. The van der Waals surface area contributed by atoms with Crippen LogP contribution in [0.3, 0.4) is 0 Å². The molecule has 0 N–H and O–H groups in total. The van der Waals surface area contributed by atoms with Crippen molar-refractivity contribution >= 4 is 27.9 Å². The molecule has 0 aliphatic carbocycles. The lowest BCUT2D eigenvalue weighted by Crippen LogP contribution is -2.66. The second kappa shape index (κ2) is 8.49. The molecule has 0 saturated carbocycles. The summed E-state index contributed by atoms with van der Waals surface area (Å²) in [6, 6.07) is 13.8.